The number of fused-ring (bicyclic) bond motifs is 1. The number of likely N-dealkylation sites (N-methyl/N-ethyl adjacent to an activating group) is 1. The van der Waals surface area contributed by atoms with Gasteiger partial charge in [0.1, 0.15) is 11.3 Å². The molecule has 0 fully saturated rings. The molecule has 0 unspecified atom stereocenters. The van der Waals surface area contributed by atoms with Crippen molar-refractivity contribution in [3.8, 4) is 0 Å². The van der Waals surface area contributed by atoms with Crippen LogP contribution in [-0.4, -0.2) is 48.2 Å². The van der Waals surface area contributed by atoms with Gasteiger partial charge < -0.3 is 10.7 Å². The average Bonchev–Trinajstić information content (AvgIpc) is 3.29. The number of sulfonamides is 1. The Balaban J connectivity index is 0.00000380. The first-order valence-corrected chi connectivity index (χ1v) is 12.9. The summed E-state index contributed by atoms with van der Waals surface area (Å²) < 4.78 is 28.1. The second-order valence-corrected chi connectivity index (χ2v) is 10.5. The van der Waals surface area contributed by atoms with Gasteiger partial charge in [0.2, 0.25) is 10.0 Å². The first-order valence-electron chi connectivity index (χ1n) is 11.5. The number of guanidine groups is 1. The number of benzene rings is 3. The molecule has 0 saturated heterocycles. The van der Waals surface area contributed by atoms with Crippen LogP contribution in [0, 0.1) is 5.41 Å². The molecule has 0 radical (unpaired) electrons. The van der Waals surface area contributed by atoms with Gasteiger partial charge in [-0.2, -0.15) is 0 Å². The van der Waals surface area contributed by atoms with Crippen LogP contribution in [0.3, 0.4) is 0 Å². The lowest BCUT2D eigenvalue weighted by atomic mass is 10.1. The lowest BCUT2D eigenvalue weighted by molar-refractivity contribution is 0.0977. The minimum absolute atomic E-state index is 0. The molecule has 3 aromatic carbocycles. The Morgan fingerprint density at radius 3 is 2.19 bits per heavy atom. The van der Waals surface area contributed by atoms with Gasteiger partial charge in [-0.05, 0) is 36.1 Å². The quantitative estimate of drug-likeness (QED) is 0.190. The topological polar surface area (TPSA) is 145 Å². The van der Waals surface area contributed by atoms with Crippen molar-refractivity contribution >= 4 is 45.3 Å². The highest BCUT2D eigenvalue weighted by atomic mass is 35.5. The van der Waals surface area contributed by atoms with E-state index in [2.05, 4.69) is 15.3 Å². The first-order chi connectivity index (χ1) is 17.2. The van der Waals surface area contributed by atoms with Crippen molar-refractivity contribution in [1.82, 2.24) is 19.6 Å². The fourth-order valence-electron chi connectivity index (χ4n) is 3.91. The molecule has 11 heteroatoms. The molecule has 0 aliphatic rings. The number of carbonyl (C=O) groups excluding carboxylic acids is 1. The molecule has 9 nitrogen and oxygen atoms in total. The maximum atomic E-state index is 13.4. The molecule has 4 rings (SSSR count). The van der Waals surface area contributed by atoms with E-state index in [0.29, 0.717) is 29.7 Å². The molecule has 0 spiro atoms. The van der Waals surface area contributed by atoms with E-state index in [1.54, 1.807) is 0 Å². The average molecular weight is 541 g/mol. The van der Waals surface area contributed by atoms with Crippen LogP contribution >= 0.6 is 12.4 Å². The standard InChI is InChI=1S/C26H28N6O3S.ClH/c1-32(15-14-19-10-6-3-7-11-19)36(34,35)20-16-21(25(33)31-26(27)28)24-22(17-20)29-23(30-24)13-12-18-8-4-2-5-9-18;/h2-11,16-17H,12-15H2,1H3,(H,29,30)(H4,27,28,31,33);1H. The van der Waals surface area contributed by atoms with Crippen LogP contribution in [0.1, 0.15) is 27.3 Å². The number of nitrogens with two attached hydrogens (primary N) is 1. The van der Waals surface area contributed by atoms with E-state index in [1.807, 2.05) is 60.7 Å². The van der Waals surface area contributed by atoms with Crippen LogP contribution < -0.4 is 11.1 Å². The van der Waals surface area contributed by atoms with Crippen molar-refractivity contribution in [3.05, 3.63) is 95.3 Å². The second-order valence-electron chi connectivity index (χ2n) is 8.47. The third kappa shape index (κ3) is 6.73. The van der Waals surface area contributed by atoms with Gasteiger partial charge >= 0.3 is 0 Å². The summed E-state index contributed by atoms with van der Waals surface area (Å²) in [6.07, 6.45) is 1.85. The maximum absolute atomic E-state index is 13.4. The van der Waals surface area contributed by atoms with Gasteiger partial charge in [-0.1, -0.05) is 60.7 Å². The van der Waals surface area contributed by atoms with Gasteiger partial charge in [-0.15, -0.1) is 12.4 Å². The highest BCUT2D eigenvalue weighted by Crippen LogP contribution is 2.25. The Kier molecular flexibility index (Phi) is 9.04. The number of hydrogen-bond acceptors (Lipinski definition) is 5. The van der Waals surface area contributed by atoms with Crippen LogP contribution in [0.2, 0.25) is 0 Å². The van der Waals surface area contributed by atoms with Crippen LogP contribution in [0.15, 0.2) is 77.7 Å². The van der Waals surface area contributed by atoms with Gasteiger partial charge in [0.25, 0.3) is 5.91 Å². The van der Waals surface area contributed by atoms with Crippen molar-refractivity contribution < 1.29 is 13.2 Å². The molecule has 1 aromatic heterocycles. The fourth-order valence-corrected chi connectivity index (χ4v) is 5.14. The molecule has 0 aliphatic carbocycles. The van der Waals surface area contributed by atoms with E-state index in [9.17, 15) is 13.2 Å². The molecular weight excluding hydrogens is 512 g/mol. The van der Waals surface area contributed by atoms with Crippen molar-refractivity contribution in [3.63, 3.8) is 0 Å². The van der Waals surface area contributed by atoms with E-state index in [-0.39, 0.29) is 29.4 Å². The van der Waals surface area contributed by atoms with Gasteiger partial charge in [0.05, 0.1) is 16.0 Å². The highest BCUT2D eigenvalue weighted by molar-refractivity contribution is 7.89. The summed E-state index contributed by atoms with van der Waals surface area (Å²) in [5, 5.41) is 9.65. The summed E-state index contributed by atoms with van der Waals surface area (Å²) >= 11 is 0. The molecule has 194 valence electrons. The van der Waals surface area contributed by atoms with Crippen molar-refractivity contribution in [2.24, 2.45) is 5.73 Å². The number of H-pyrrole nitrogens is 1. The summed E-state index contributed by atoms with van der Waals surface area (Å²) in [7, 11) is -2.40. The molecule has 4 aromatic rings. The minimum atomic E-state index is -3.91. The molecule has 37 heavy (non-hydrogen) atoms. The lowest BCUT2D eigenvalue weighted by Gasteiger charge is -2.18. The number of carbonyl (C=O) groups is 1. The predicted octanol–water partition coefficient (Wildman–Crippen LogP) is 3.26. The van der Waals surface area contributed by atoms with Gasteiger partial charge in [-0.25, -0.2) is 17.7 Å². The Bertz CT molecular complexity index is 1490. The van der Waals surface area contributed by atoms with Crippen molar-refractivity contribution in [1.29, 1.82) is 5.41 Å². The molecule has 0 atom stereocenters. The zero-order chi connectivity index (χ0) is 25.7. The zero-order valence-corrected chi connectivity index (χ0v) is 21.9. The van der Waals surface area contributed by atoms with E-state index in [1.165, 1.54) is 23.5 Å². The monoisotopic (exact) mass is 540 g/mol. The number of amides is 1. The molecular formula is C26H29ClN6O3S. The molecule has 0 saturated carbocycles. The summed E-state index contributed by atoms with van der Waals surface area (Å²) in [6, 6.07) is 22.3. The van der Waals surface area contributed by atoms with Gasteiger partial charge in [0.15, 0.2) is 5.96 Å². The fraction of sp³-hybridized carbons (Fsp3) is 0.192. The normalized spacial score (nSPS) is 11.3. The SMILES string of the molecule is CN(CCc1ccccc1)S(=O)(=O)c1cc(C(=O)NC(=N)N)c2nc(CCc3ccccc3)[nH]c2c1.Cl. The highest BCUT2D eigenvalue weighted by Gasteiger charge is 2.25. The third-order valence-corrected chi connectivity index (χ3v) is 7.70. The smallest absolute Gasteiger partial charge is 0.260 e. The number of aromatic nitrogens is 2. The number of nitrogens with zero attached hydrogens (tertiary/aromatic N) is 2. The number of rotatable bonds is 9. The summed E-state index contributed by atoms with van der Waals surface area (Å²) in [6.45, 7) is 0.269. The summed E-state index contributed by atoms with van der Waals surface area (Å²) in [4.78, 5) is 20.5. The molecule has 0 aliphatic heterocycles. The van der Waals surface area contributed by atoms with E-state index < -0.39 is 21.9 Å². The number of aryl methyl sites for hydroxylation is 2. The van der Waals surface area contributed by atoms with Gasteiger partial charge in [-0.3, -0.25) is 15.5 Å². The Morgan fingerprint density at radius 1 is 1.00 bits per heavy atom. The van der Waals surface area contributed by atoms with E-state index >= 15 is 0 Å². The third-order valence-electron chi connectivity index (χ3n) is 5.86. The first kappa shape index (κ1) is 27.9. The number of imidazole rings is 1. The number of nitrogens with one attached hydrogen (secondary N) is 3. The summed E-state index contributed by atoms with van der Waals surface area (Å²) in [5.41, 5.74) is 8.28. The number of halogens is 1. The zero-order valence-electron chi connectivity index (χ0n) is 20.3. The molecule has 5 N–H and O–H groups in total. The Labute approximate surface area is 222 Å². The van der Waals surface area contributed by atoms with E-state index in [0.717, 1.165) is 17.5 Å². The lowest BCUT2D eigenvalue weighted by Crippen LogP contribution is -2.36. The molecule has 1 amide bonds. The largest absolute Gasteiger partial charge is 0.370 e. The maximum Gasteiger partial charge on any atom is 0.260 e. The number of hydrogen-bond donors (Lipinski definition) is 4. The second kappa shape index (κ2) is 12.0. The van der Waals surface area contributed by atoms with Crippen LogP contribution in [0.4, 0.5) is 0 Å². The van der Waals surface area contributed by atoms with Crippen LogP contribution in [-0.2, 0) is 29.3 Å². The summed E-state index contributed by atoms with van der Waals surface area (Å²) in [5.74, 6) is -0.614. The number of aromatic amines is 1. The van der Waals surface area contributed by atoms with Gasteiger partial charge in [0, 0.05) is 20.0 Å². The minimum Gasteiger partial charge on any atom is -0.370 e. The Morgan fingerprint density at radius 2 is 1.59 bits per heavy atom. The van der Waals surface area contributed by atoms with Crippen molar-refractivity contribution in [2.75, 3.05) is 13.6 Å². The van der Waals surface area contributed by atoms with E-state index in [4.69, 9.17) is 11.1 Å². The molecule has 1 heterocycles. The van der Waals surface area contributed by atoms with Crippen LogP contribution in [0.25, 0.3) is 11.0 Å². The Hall–Kier alpha value is -3.73. The predicted molar refractivity (Wildman–Crippen MR) is 147 cm³/mol. The van der Waals surface area contributed by atoms with Crippen molar-refractivity contribution in [2.45, 2.75) is 24.2 Å². The van der Waals surface area contributed by atoms with Crippen LogP contribution in [0.5, 0.6) is 0 Å². The molecule has 0 bridgehead atoms.